The van der Waals surface area contributed by atoms with Crippen LogP contribution in [0.4, 0.5) is 0 Å². The van der Waals surface area contributed by atoms with E-state index in [0.717, 1.165) is 5.56 Å². The molecule has 2 rings (SSSR count). The molecule has 0 unspecified atom stereocenters. The first-order chi connectivity index (χ1) is 12.3. The second kappa shape index (κ2) is 8.61. The van der Waals surface area contributed by atoms with Gasteiger partial charge in [-0.3, -0.25) is 14.5 Å². The first-order valence-electron chi connectivity index (χ1n) is 8.50. The molecule has 9 heteroatoms. The van der Waals surface area contributed by atoms with Crippen LogP contribution in [0.15, 0.2) is 29.2 Å². The van der Waals surface area contributed by atoms with Crippen molar-refractivity contribution in [1.29, 1.82) is 0 Å². The fraction of sp³-hybridized carbons (Fsp3) is 0.529. The van der Waals surface area contributed by atoms with Crippen molar-refractivity contribution in [3.63, 3.8) is 0 Å². The van der Waals surface area contributed by atoms with Crippen molar-refractivity contribution in [2.24, 2.45) is 0 Å². The number of aryl methyl sites for hydroxylation is 1. The summed E-state index contributed by atoms with van der Waals surface area (Å²) in [6.45, 7) is 1.64. The third-order valence-corrected chi connectivity index (χ3v) is 6.11. The summed E-state index contributed by atoms with van der Waals surface area (Å²) in [4.78, 5) is 28.3. The summed E-state index contributed by atoms with van der Waals surface area (Å²) >= 11 is 0. The monoisotopic (exact) mass is 382 g/mol. The highest BCUT2D eigenvalue weighted by molar-refractivity contribution is 7.89. The Hall–Kier alpha value is -1.97. The van der Waals surface area contributed by atoms with Crippen molar-refractivity contribution < 1.29 is 18.0 Å². The molecule has 0 aliphatic carbocycles. The summed E-state index contributed by atoms with van der Waals surface area (Å²) in [5, 5.41) is 2.63. The zero-order valence-electron chi connectivity index (χ0n) is 15.4. The number of amides is 2. The molecule has 144 valence electrons. The first-order valence-corrected chi connectivity index (χ1v) is 9.99. The Balaban J connectivity index is 1.93. The van der Waals surface area contributed by atoms with Crippen molar-refractivity contribution in [1.82, 2.24) is 19.8 Å². The lowest BCUT2D eigenvalue weighted by Gasteiger charge is -2.38. The molecule has 1 aromatic rings. The number of hydrogen-bond donors (Lipinski definition) is 2. The number of sulfonamides is 1. The summed E-state index contributed by atoms with van der Waals surface area (Å²) in [6, 6.07) is 6.17. The van der Waals surface area contributed by atoms with E-state index in [1.54, 1.807) is 24.1 Å². The SMILES string of the molecule is CNC(=O)[C@H]1CN(C(=O)CCc2ccc(S(=O)(=O)NC)cc2)CCN1C. The van der Waals surface area contributed by atoms with Crippen LogP contribution in [0.5, 0.6) is 0 Å². The van der Waals surface area contributed by atoms with E-state index < -0.39 is 10.0 Å². The second-order valence-corrected chi connectivity index (χ2v) is 8.19. The molecule has 1 heterocycles. The van der Waals surface area contributed by atoms with Crippen molar-refractivity contribution in [2.75, 3.05) is 40.8 Å². The van der Waals surface area contributed by atoms with Gasteiger partial charge in [0.25, 0.3) is 0 Å². The Morgan fingerprint density at radius 3 is 2.38 bits per heavy atom. The van der Waals surface area contributed by atoms with Crippen LogP contribution in [-0.4, -0.2) is 76.9 Å². The number of nitrogens with one attached hydrogen (secondary N) is 2. The largest absolute Gasteiger partial charge is 0.358 e. The minimum Gasteiger partial charge on any atom is -0.358 e. The number of nitrogens with zero attached hydrogens (tertiary/aromatic N) is 2. The Labute approximate surface area is 154 Å². The number of likely N-dealkylation sites (N-methyl/N-ethyl adjacent to an activating group) is 2. The highest BCUT2D eigenvalue weighted by Gasteiger charge is 2.31. The number of carbonyl (C=O) groups excluding carboxylic acids is 2. The van der Waals surface area contributed by atoms with Crippen LogP contribution >= 0.6 is 0 Å². The molecule has 2 N–H and O–H groups in total. The van der Waals surface area contributed by atoms with E-state index in [4.69, 9.17) is 0 Å². The lowest BCUT2D eigenvalue weighted by atomic mass is 10.1. The quantitative estimate of drug-likeness (QED) is 0.686. The van der Waals surface area contributed by atoms with E-state index >= 15 is 0 Å². The molecular weight excluding hydrogens is 356 g/mol. The van der Waals surface area contributed by atoms with Crippen LogP contribution in [0.25, 0.3) is 0 Å². The van der Waals surface area contributed by atoms with Crippen molar-refractivity contribution >= 4 is 21.8 Å². The van der Waals surface area contributed by atoms with Gasteiger partial charge in [0.2, 0.25) is 21.8 Å². The van der Waals surface area contributed by atoms with Gasteiger partial charge in [-0.15, -0.1) is 0 Å². The Kier molecular flexibility index (Phi) is 6.74. The van der Waals surface area contributed by atoms with Crippen molar-refractivity contribution in [3.05, 3.63) is 29.8 Å². The maximum absolute atomic E-state index is 12.5. The molecule has 0 radical (unpaired) electrons. The lowest BCUT2D eigenvalue weighted by molar-refractivity contribution is -0.137. The van der Waals surface area contributed by atoms with Crippen LogP contribution in [0.2, 0.25) is 0 Å². The standard InChI is InChI=1S/C17H26N4O4S/c1-18-17(23)15-12-21(11-10-20(15)3)16(22)9-6-13-4-7-14(8-5-13)26(24,25)19-2/h4-5,7-8,15,19H,6,9-12H2,1-3H3,(H,18,23)/t15-/m1/s1. The predicted molar refractivity (Wildman–Crippen MR) is 98.1 cm³/mol. The molecule has 1 fully saturated rings. The molecule has 0 bridgehead atoms. The van der Waals surface area contributed by atoms with Gasteiger partial charge in [-0.2, -0.15) is 0 Å². The normalized spacial score (nSPS) is 18.6. The molecule has 1 saturated heterocycles. The highest BCUT2D eigenvalue weighted by atomic mass is 32.2. The van der Waals surface area contributed by atoms with Crippen molar-refractivity contribution in [3.8, 4) is 0 Å². The number of benzene rings is 1. The zero-order valence-corrected chi connectivity index (χ0v) is 16.2. The topological polar surface area (TPSA) is 98.8 Å². The molecule has 2 amide bonds. The summed E-state index contributed by atoms with van der Waals surface area (Å²) in [7, 11) is 1.38. The van der Waals surface area contributed by atoms with Gasteiger partial charge in [0.15, 0.2) is 0 Å². The second-order valence-electron chi connectivity index (χ2n) is 6.30. The van der Waals surface area contributed by atoms with Crippen LogP contribution in [-0.2, 0) is 26.0 Å². The van der Waals surface area contributed by atoms with E-state index in [-0.39, 0.29) is 22.8 Å². The van der Waals surface area contributed by atoms with Gasteiger partial charge < -0.3 is 10.2 Å². The Bertz CT molecular complexity index is 749. The highest BCUT2D eigenvalue weighted by Crippen LogP contribution is 2.14. The summed E-state index contributed by atoms with van der Waals surface area (Å²) in [6.07, 6.45) is 0.845. The summed E-state index contributed by atoms with van der Waals surface area (Å²) in [5.41, 5.74) is 0.894. The number of rotatable bonds is 6. The lowest BCUT2D eigenvalue weighted by Crippen LogP contribution is -2.58. The molecule has 0 saturated carbocycles. The van der Waals surface area contributed by atoms with Gasteiger partial charge in [0.1, 0.15) is 6.04 Å². The Morgan fingerprint density at radius 2 is 1.81 bits per heavy atom. The maximum Gasteiger partial charge on any atom is 0.240 e. The smallest absolute Gasteiger partial charge is 0.240 e. The van der Waals surface area contributed by atoms with Gasteiger partial charge in [0.05, 0.1) is 4.90 Å². The van der Waals surface area contributed by atoms with Gasteiger partial charge in [-0.1, -0.05) is 12.1 Å². The third kappa shape index (κ3) is 4.80. The third-order valence-electron chi connectivity index (χ3n) is 4.68. The van der Waals surface area contributed by atoms with E-state index in [1.165, 1.54) is 19.2 Å². The van der Waals surface area contributed by atoms with Crippen LogP contribution < -0.4 is 10.0 Å². The molecular formula is C17H26N4O4S. The Morgan fingerprint density at radius 1 is 1.15 bits per heavy atom. The minimum atomic E-state index is -3.45. The summed E-state index contributed by atoms with van der Waals surface area (Å²) < 4.78 is 25.7. The maximum atomic E-state index is 12.5. The van der Waals surface area contributed by atoms with Crippen LogP contribution in [0, 0.1) is 0 Å². The van der Waals surface area contributed by atoms with Gasteiger partial charge in [-0.25, -0.2) is 13.1 Å². The van der Waals surface area contributed by atoms with E-state index in [0.29, 0.717) is 32.5 Å². The van der Waals surface area contributed by atoms with E-state index in [2.05, 4.69) is 10.0 Å². The van der Waals surface area contributed by atoms with Gasteiger partial charge in [0, 0.05) is 33.1 Å². The van der Waals surface area contributed by atoms with Crippen molar-refractivity contribution in [2.45, 2.75) is 23.8 Å². The fourth-order valence-corrected chi connectivity index (χ4v) is 3.64. The first kappa shape index (κ1) is 20.3. The molecule has 1 aliphatic heterocycles. The molecule has 26 heavy (non-hydrogen) atoms. The molecule has 8 nitrogen and oxygen atoms in total. The average Bonchev–Trinajstić information content (AvgIpc) is 2.66. The number of piperazine rings is 1. The van der Waals surface area contributed by atoms with Gasteiger partial charge in [-0.05, 0) is 38.2 Å². The minimum absolute atomic E-state index is 0.000994. The zero-order chi connectivity index (χ0) is 19.3. The van der Waals surface area contributed by atoms with E-state index in [1.807, 2.05) is 11.9 Å². The molecule has 1 aromatic carbocycles. The summed E-state index contributed by atoms with van der Waals surface area (Å²) in [5.74, 6) is -0.0924. The average molecular weight is 382 g/mol. The predicted octanol–water partition coefficient (Wildman–Crippen LogP) is -0.584. The molecule has 1 aliphatic rings. The van der Waals surface area contributed by atoms with Crippen LogP contribution in [0.1, 0.15) is 12.0 Å². The van der Waals surface area contributed by atoms with Gasteiger partial charge >= 0.3 is 0 Å². The molecule has 0 aromatic heterocycles. The number of carbonyl (C=O) groups is 2. The number of hydrogen-bond acceptors (Lipinski definition) is 5. The van der Waals surface area contributed by atoms with E-state index in [9.17, 15) is 18.0 Å². The molecule has 1 atom stereocenters. The van der Waals surface area contributed by atoms with Crippen LogP contribution in [0.3, 0.4) is 0 Å². The fourth-order valence-electron chi connectivity index (χ4n) is 2.91. The molecule has 0 spiro atoms.